The van der Waals surface area contributed by atoms with E-state index in [1.54, 1.807) is 0 Å². The molecule has 2 rings (SSSR count). The van der Waals surface area contributed by atoms with E-state index in [1.807, 2.05) is 0 Å². The average molecular weight is 201 g/mol. The summed E-state index contributed by atoms with van der Waals surface area (Å²) >= 11 is 0. The number of aryl methyl sites for hydroxylation is 1. The first-order valence-corrected chi connectivity index (χ1v) is 5.81. The molecular formula is C14H19N. The lowest BCUT2D eigenvalue weighted by Crippen LogP contribution is -2.11. The standard InChI is InChI=1S/C14H19N/c1-2-11-3-5-12(6-4-11)9-13-7-8-14(15)10-13/h3-6,10,14H,2,7-9,15H2,1H3. The summed E-state index contributed by atoms with van der Waals surface area (Å²) in [4.78, 5) is 0. The molecule has 1 atom stereocenters. The molecule has 0 amide bonds. The Morgan fingerprint density at radius 1 is 1.20 bits per heavy atom. The van der Waals surface area contributed by atoms with Crippen molar-refractivity contribution in [2.45, 2.75) is 38.6 Å². The van der Waals surface area contributed by atoms with E-state index in [0.29, 0.717) is 6.04 Å². The summed E-state index contributed by atoms with van der Waals surface area (Å²) in [6, 6.07) is 9.23. The summed E-state index contributed by atoms with van der Waals surface area (Å²) in [6.07, 6.45) is 6.73. The molecule has 0 aromatic heterocycles. The quantitative estimate of drug-likeness (QED) is 0.748. The molecule has 0 bridgehead atoms. The predicted molar refractivity (Wildman–Crippen MR) is 64.8 cm³/mol. The number of hydrogen-bond acceptors (Lipinski definition) is 1. The van der Waals surface area contributed by atoms with E-state index in [9.17, 15) is 0 Å². The van der Waals surface area contributed by atoms with E-state index in [2.05, 4.69) is 37.3 Å². The Hall–Kier alpha value is -1.08. The largest absolute Gasteiger partial charge is 0.324 e. The summed E-state index contributed by atoms with van der Waals surface area (Å²) in [5.41, 5.74) is 10.2. The third-order valence-corrected chi connectivity index (χ3v) is 3.11. The van der Waals surface area contributed by atoms with E-state index >= 15 is 0 Å². The summed E-state index contributed by atoms with van der Waals surface area (Å²) in [5, 5.41) is 0. The maximum Gasteiger partial charge on any atom is 0.0229 e. The fraction of sp³-hybridized carbons (Fsp3) is 0.429. The number of hydrogen-bond donors (Lipinski definition) is 1. The average Bonchev–Trinajstić information content (AvgIpc) is 2.65. The van der Waals surface area contributed by atoms with Gasteiger partial charge in [0.2, 0.25) is 0 Å². The molecule has 15 heavy (non-hydrogen) atoms. The van der Waals surface area contributed by atoms with Crippen LogP contribution in [-0.2, 0) is 12.8 Å². The van der Waals surface area contributed by atoms with Crippen molar-refractivity contribution in [3.8, 4) is 0 Å². The minimum absolute atomic E-state index is 0.301. The van der Waals surface area contributed by atoms with Crippen LogP contribution in [0.25, 0.3) is 0 Å². The van der Waals surface area contributed by atoms with Crippen LogP contribution >= 0.6 is 0 Å². The molecule has 0 saturated heterocycles. The van der Waals surface area contributed by atoms with Crippen LogP contribution < -0.4 is 5.73 Å². The highest BCUT2D eigenvalue weighted by atomic mass is 14.6. The first-order valence-electron chi connectivity index (χ1n) is 5.81. The Balaban J connectivity index is 2.02. The second-order valence-corrected chi connectivity index (χ2v) is 4.37. The van der Waals surface area contributed by atoms with Crippen molar-refractivity contribution in [2.24, 2.45) is 5.73 Å². The van der Waals surface area contributed by atoms with Gasteiger partial charge in [0.15, 0.2) is 0 Å². The SMILES string of the molecule is CCc1ccc(CC2=CC(N)CC2)cc1. The van der Waals surface area contributed by atoms with Crippen LogP contribution in [0.3, 0.4) is 0 Å². The minimum Gasteiger partial charge on any atom is -0.324 e. The van der Waals surface area contributed by atoms with Gasteiger partial charge >= 0.3 is 0 Å². The van der Waals surface area contributed by atoms with Crippen LogP contribution in [0.1, 0.15) is 30.9 Å². The zero-order chi connectivity index (χ0) is 10.7. The maximum absolute atomic E-state index is 5.85. The van der Waals surface area contributed by atoms with Crippen molar-refractivity contribution >= 4 is 0 Å². The molecule has 0 heterocycles. The van der Waals surface area contributed by atoms with Crippen LogP contribution in [0.2, 0.25) is 0 Å². The van der Waals surface area contributed by atoms with Crippen LogP contribution in [0.4, 0.5) is 0 Å². The van der Waals surface area contributed by atoms with E-state index < -0.39 is 0 Å². The molecule has 1 heteroatoms. The number of rotatable bonds is 3. The van der Waals surface area contributed by atoms with E-state index in [4.69, 9.17) is 5.73 Å². The zero-order valence-electron chi connectivity index (χ0n) is 9.37. The van der Waals surface area contributed by atoms with Gasteiger partial charge in [0.05, 0.1) is 0 Å². The molecule has 0 aliphatic heterocycles. The summed E-state index contributed by atoms with van der Waals surface area (Å²) in [7, 11) is 0. The van der Waals surface area contributed by atoms with Crippen LogP contribution in [-0.4, -0.2) is 6.04 Å². The summed E-state index contributed by atoms with van der Waals surface area (Å²) < 4.78 is 0. The van der Waals surface area contributed by atoms with Gasteiger partial charge in [-0.3, -0.25) is 0 Å². The molecule has 0 spiro atoms. The van der Waals surface area contributed by atoms with Gasteiger partial charge in [-0.05, 0) is 36.8 Å². The lowest BCUT2D eigenvalue weighted by atomic mass is 10.0. The molecule has 0 radical (unpaired) electrons. The smallest absolute Gasteiger partial charge is 0.0229 e. The van der Waals surface area contributed by atoms with E-state index in [0.717, 1.165) is 19.3 Å². The van der Waals surface area contributed by atoms with Gasteiger partial charge in [-0.25, -0.2) is 0 Å². The number of benzene rings is 1. The van der Waals surface area contributed by atoms with Crippen LogP contribution in [0.15, 0.2) is 35.9 Å². The van der Waals surface area contributed by atoms with Gasteiger partial charge in [-0.2, -0.15) is 0 Å². The Morgan fingerprint density at radius 2 is 1.87 bits per heavy atom. The van der Waals surface area contributed by atoms with Crippen molar-refractivity contribution in [2.75, 3.05) is 0 Å². The van der Waals surface area contributed by atoms with Gasteiger partial charge in [0.1, 0.15) is 0 Å². The lowest BCUT2D eigenvalue weighted by molar-refractivity contribution is 0.770. The highest BCUT2D eigenvalue weighted by Crippen LogP contribution is 2.21. The predicted octanol–water partition coefficient (Wildman–Crippen LogP) is 2.84. The van der Waals surface area contributed by atoms with Crippen molar-refractivity contribution in [1.82, 2.24) is 0 Å². The molecule has 80 valence electrons. The Kier molecular flexibility index (Phi) is 3.22. The molecule has 1 aromatic carbocycles. The fourth-order valence-corrected chi connectivity index (χ4v) is 2.12. The van der Waals surface area contributed by atoms with Gasteiger partial charge in [0, 0.05) is 6.04 Å². The minimum atomic E-state index is 0.301. The molecule has 1 aliphatic rings. The molecule has 1 aromatic rings. The summed E-state index contributed by atoms with van der Waals surface area (Å²) in [6.45, 7) is 2.19. The second-order valence-electron chi connectivity index (χ2n) is 4.37. The monoisotopic (exact) mass is 201 g/mol. The van der Waals surface area contributed by atoms with Gasteiger partial charge < -0.3 is 5.73 Å². The number of nitrogens with two attached hydrogens (primary N) is 1. The van der Waals surface area contributed by atoms with Crippen molar-refractivity contribution in [3.63, 3.8) is 0 Å². The Labute approximate surface area is 92.0 Å². The lowest BCUT2D eigenvalue weighted by Gasteiger charge is -2.03. The highest BCUT2D eigenvalue weighted by Gasteiger charge is 2.11. The van der Waals surface area contributed by atoms with Crippen molar-refractivity contribution < 1.29 is 0 Å². The first kappa shape index (κ1) is 10.4. The fourth-order valence-electron chi connectivity index (χ4n) is 2.12. The van der Waals surface area contributed by atoms with Crippen molar-refractivity contribution in [1.29, 1.82) is 0 Å². The normalized spacial score (nSPS) is 20.4. The second kappa shape index (κ2) is 4.63. The molecule has 1 unspecified atom stereocenters. The topological polar surface area (TPSA) is 26.0 Å². The Morgan fingerprint density at radius 3 is 2.40 bits per heavy atom. The molecule has 2 N–H and O–H groups in total. The first-order chi connectivity index (χ1) is 7.28. The van der Waals surface area contributed by atoms with Gasteiger partial charge in [-0.1, -0.05) is 42.8 Å². The highest BCUT2D eigenvalue weighted by molar-refractivity contribution is 5.28. The maximum atomic E-state index is 5.85. The van der Waals surface area contributed by atoms with E-state index in [-0.39, 0.29) is 0 Å². The molecule has 0 fully saturated rings. The molecule has 1 nitrogen and oxygen atoms in total. The van der Waals surface area contributed by atoms with Crippen LogP contribution in [0, 0.1) is 0 Å². The summed E-state index contributed by atoms with van der Waals surface area (Å²) in [5.74, 6) is 0. The number of allylic oxidation sites excluding steroid dienone is 1. The van der Waals surface area contributed by atoms with Gasteiger partial charge in [0.25, 0.3) is 0 Å². The third-order valence-electron chi connectivity index (χ3n) is 3.11. The molecule has 1 aliphatic carbocycles. The molecular weight excluding hydrogens is 182 g/mol. The van der Waals surface area contributed by atoms with Gasteiger partial charge in [-0.15, -0.1) is 0 Å². The van der Waals surface area contributed by atoms with Crippen molar-refractivity contribution in [3.05, 3.63) is 47.0 Å². The van der Waals surface area contributed by atoms with E-state index in [1.165, 1.54) is 23.1 Å². The zero-order valence-corrected chi connectivity index (χ0v) is 9.37. The molecule has 0 saturated carbocycles. The van der Waals surface area contributed by atoms with Crippen LogP contribution in [0.5, 0.6) is 0 Å². The Bertz CT molecular complexity index is 348. The third kappa shape index (κ3) is 2.69.